The minimum absolute atomic E-state index is 0.216. The van der Waals surface area contributed by atoms with E-state index in [2.05, 4.69) is 19.7 Å². The lowest BCUT2D eigenvalue weighted by molar-refractivity contribution is -0.115. The summed E-state index contributed by atoms with van der Waals surface area (Å²) in [7, 11) is -3.35. The molecule has 0 rings (SSSR count). The van der Waals surface area contributed by atoms with Crippen molar-refractivity contribution in [1.82, 2.24) is 0 Å². The maximum atomic E-state index is 11.7. The first kappa shape index (κ1) is 13.4. The Bertz CT molecular complexity index is 291. The molecule has 0 unspecified atom stereocenters. The van der Waals surface area contributed by atoms with Gasteiger partial charge in [-0.25, -0.2) is 0 Å². The quantitative estimate of drug-likeness (QED) is 0.482. The predicted molar refractivity (Wildman–Crippen MR) is 61.8 cm³/mol. The molecule has 0 heterocycles. The molecule has 0 aromatic heterocycles. The Kier molecular flexibility index (Phi) is 4.80. The molecule has 0 saturated heterocycles. The van der Waals surface area contributed by atoms with Crippen molar-refractivity contribution in [1.29, 1.82) is 0 Å². The molecule has 0 N–H and O–H groups in total. The van der Waals surface area contributed by atoms with Gasteiger partial charge in [-0.05, 0) is 24.3 Å². The van der Waals surface area contributed by atoms with Crippen LogP contribution in [0.4, 0.5) is 0 Å². The third kappa shape index (κ3) is 2.10. The third-order valence-electron chi connectivity index (χ3n) is 2.35. The van der Waals surface area contributed by atoms with E-state index in [9.17, 15) is 14.4 Å². The largest absolute Gasteiger partial charge is 0.300 e. The standard InChI is InChI=1S/C11H14O3Si/c1-5-9(12)15(8-4,10(13)6-2)11(14)7-3/h5-7H,1-3,8H2,4H3. The number of allylic oxidation sites excluding steroid dienone is 3. The van der Waals surface area contributed by atoms with Crippen molar-refractivity contribution in [3.8, 4) is 0 Å². The summed E-state index contributed by atoms with van der Waals surface area (Å²) >= 11 is 0. The third-order valence-corrected chi connectivity index (χ3v) is 6.55. The number of hydrogen-bond donors (Lipinski definition) is 0. The molecule has 0 fully saturated rings. The molecular formula is C11H14O3Si. The first-order valence-corrected chi connectivity index (χ1v) is 6.72. The summed E-state index contributed by atoms with van der Waals surface area (Å²) in [4.78, 5) is 35.0. The molecule has 15 heavy (non-hydrogen) atoms. The monoisotopic (exact) mass is 222 g/mol. The maximum Gasteiger partial charge on any atom is 0.295 e. The van der Waals surface area contributed by atoms with Crippen LogP contribution in [0.1, 0.15) is 6.92 Å². The van der Waals surface area contributed by atoms with Crippen LogP contribution in [0.15, 0.2) is 38.0 Å². The SMILES string of the molecule is C=CC(=O)[Si](CC)(C(=O)C=C)C(=O)C=C. The molecule has 0 saturated carbocycles. The molecule has 0 amide bonds. The van der Waals surface area contributed by atoms with E-state index in [0.29, 0.717) is 0 Å². The topological polar surface area (TPSA) is 51.2 Å². The van der Waals surface area contributed by atoms with Crippen molar-refractivity contribution in [2.24, 2.45) is 0 Å². The van der Waals surface area contributed by atoms with Gasteiger partial charge in [0.25, 0.3) is 8.07 Å². The highest BCUT2D eigenvalue weighted by Crippen LogP contribution is 2.16. The molecule has 80 valence electrons. The number of hydrogen-bond acceptors (Lipinski definition) is 3. The zero-order chi connectivity index (χ0) is 12.1. The van der Waals surface area contributed by atoms with Crippen LogP contribution in [-0.4, -0.2) is 24.3 Å². The second-order valence-electron chi connectivity index (χ2n) is 2.96. The predicted octanol–water partition coefficient (Wildman–Crippen LogP) is 1.34. The fourth-order valence-corrected chi connectivity index (χ4v) is 4.23. The highest BCUT2D eigenvalue weighted by Gasteiger charge is 2.50. The van der Waals surface area contributed by atoms with Crippen molar-refractivity contribution in [2.45, 2.75) is 13.0 Å². The molecule has 0 bridgehead atoms. The summed E-state index contributed by atoms with van der Waals surface area (Å²) in [6.07, 6.45) is 3.12. The van der Waals surface area contributed by atoms with Crippen LogP contribution in [-0.2, 0) is 14.4 Å². The van der Waals surface area contributed by atoms with Gasteiger partial charge < -0.3 is 0 Å². The highest BCUT2D eigenvalue weighted by atomic mass is 28.3. The number of carbonyl (C=O) groups is 3. The Labute approximate surface area is 90.2 Å². The van der Waals surface area contributed by atoms with Gasteiger partial charge in [0, 0.05) is 0 Å². The summed E-state index contributed by atoms with van der Waals surface area (Å²) in [5.41, 5.74) is 0. The molecular weight excluding hydrogens is 208 g/mol. The van der Waals surface area contributed by atoms with Crippen molar-refractivity contribution in [3.63, 3.8) is 0 Å². The van der Waals surface area contributed by atoms with Crippen LogP contribution in [0.5, 0.6) is 0 Å². The van der Waals surface area contributed by atoms with Gasteiger partial charge in [-0.3, -0.25) is 14.4 Å². The Hall–Kier alpha value is -1.55. The lowest BCUT2D eigenvalue weighted by atomic mass is 10.7. The van der Waals surface area contributed by atoms with Gasteiger partial charge in [0.15, 0.2) is 16.2 Å². The van der Waals surface area contributed by atoms with Gasteiger partial charge in [0.05, 0.1) is 0 Å². The summed E-state index contributed by atoms with van der Waals surface area (Å²) in [6.45, 7) is 11.6. The van der Waals surface area contributed by atoms with E-state index in [0.717, 1.165) is 18.2 Å². The van der Waals surface area contributed by atoms with Crippen LogP contribution in [0.2, 0.25) is 6.04 Å². The summed E-state index contributed by atoms with van der Waals surface area (Å²) < 4.78 is 0. The average Bonchev–Trinajstić information content (AvgIpc) is 2.29. The van der Waals surface area contributed by atoms with E-state index in [-0.39, 0.29) is 6.04 Å². The average molecular weight is 222 g/mol. The lowest BCUT2D eigenvalue weighted by Crippen LogP contribution is -2.57. The van der Waals surface area contributed by atoms with Crippen molar-refractivity contribution in [3.05, 3.63) is 38.0 Å². The van der Waals surface area contributed by atoms with E-state index in [4.69, 9.17) is 0 Å². The molecule has 0 aromatic rings. The Balaban J connectivity index is 5.69. The van der Waals surface area contributed by atoms with E-state index >= 15 is 0 Å². The normalized spacial score (nSPS) is 10.2. The molecule has 4 heteroatoms. The molecule has 0 radical (unpaired) electrons. The highest BCUT2D eigenvalue weighted by molar-refractivity contribution is 7.42. The van der Waals surface area contributed by atoms with Crippen LogP contribution >= 0.6 is 0 Å². The maximum absolute atomic E-state index is 11.7. The molecule has 3 nitrogen and oxygen atoms in total. The molecule has 0 aliphatic rings. The van der Waals surface area contributed by atoms with E-state index < -0.39 is 24.3 Å². The zero-order valence-electron chi connectivity index (χ0n) is 8.79. The van der Waals surface area contributed by atoms with Crippen molar-refractivity contribution in [2.75, 3.05) is 0 Å². The molecule has 0 aliphatic carbocycles. The fourth-order valence-electron chi connectivity index (χ4n) is 1.41. The summed E-state index contributed by atoms with van der Waals surface area (Å²) in [6, 6.07) is 0.216. The second kappa shape index (κ2) is 5.36. The molecule has 0 aliphatic heterocycles. The van der Waals surface area contributed by atoms with E-state index in [1.165, 1.54) is 0 Å². The van der Waals surface area contributed by atoms with Crippen molar-refractivity contribution >= 4 is 24.3 Å². The Morgan fingerprint density at radius 1 is 0.933 bits per heavy atom. The van der Waals surface area contributed by atoms with Crippen LogP contribution < -0.4 is 0 Å². The van der Waals surface area contributed by atoms with Crippen LogP contribution in [0.25, 0.3) is 0 Å². The lowest BCUT2D eigenvalue weighted by Gasteiger charge is -2.20. The zero-order valence-corrected chi connectivity index (χ0v) is 9.79. The summed E-state index contributed by atoms with van der Waals surface area (Å²) in [5, 5.41) is -1.42. The fraction of sp³-hybridized carbons (Fsp3) is 0.182. The van der Waals surface area contributed by atoms with Gasteiger partial charge >= 0.3 is 0 Å². The minimum Gasteiger partial charge on any atom is -0.300 e. The smallest absolute Gasteiger partial charge is 0.295 e. The molecule has 0 spiro atoms. The van der Waals surface area contributed by atoms with Crippen molar-refractivity contribution < 1.29 is 14.4 Å². The van der Waals surface area contributed by atoms with Crippen LogP contribution in [0.3, 0.4) is 0 Å². The first-order chi connectivity index (χ1) is 7.00. The molecule has 0 atom stereocenters. The minimum atomic E-state index is -3.35. The van der Waals surface area contributed by atoms with Gasteiger partial charge in [0.1, 0.15) is 0 Å². The number of carbonyl (C=O) groups excluding carboxylic acids is 3. The van der Waals surface area contributed by atoms with Gasteiger partial charge in [-0.15, -0.1) is 0 Å². The first-order valence-electron chi connectivity index (χ1n) is 4.51. The van der Waals surface area contributed by atoms with Gasteiger partial charge in [-0.2, -0.15) is 0 Å². The van der Waals surface area contributed by atoms with E-state index in [1.54, 1.807) is 6.92 Å². The van der Waals surface area contributed by atoms with Gasteiger partial charge in [-0.1, -0.05) is 26.7 Å². The van der Waals surface area contributed by atoms with Crippen LogP contribution in [0, 0.1) is 0 Å². The number of rotatable bonds is 7. The second-order valence-corrected chi connectivity index (χ2v) is 6.96. The summed E-state index contributed by atoms with van der Waals surface area (Å²) in [5.74, 6) is 0. The Morgan fingerprint density at radius 3 is 1.33 bits per heavy atom. The van der Waals surface area contributed by atoms with E-state index in [1.807, 2.05) is 0 Å². The molecule has 0 aromatic carbocycles. The Morgan fingerprint density at radius 2 is 1.20 bits per heavy atom. The van der Waals surface area contributed by atoms with Gasteiger partial charge in [0.2, 0.25) is 0 Å².